The lowest BCUT2D eigenvalue weighted by atomic mass is 10.00. The lowest BCUT2D eigenvalue weighted by Crippen LogP contribution is -2.55. The number of amides is 2. The maximum atomic E-state index is 12.9. The zero-order valence-corrected chi connectivity index (χ0v) is 21.1. The predicted molar refractivity (Wildman–Crippen MR) is 132 cm³/mol. The molecule has 7 N–H and O–H groups in total. The van der Waals surface area contributed by atoms with Crippen LogP contribution in [0.4, 0.5) is 0 Å². The lowest BCUT2D eigenvalue weighted by molar-refractivity contribution is -0.128. The molecular weight excluding hydrogens is 448 g/mol. The fourth-order valence-electron chi connectivity index (χ4n) is 2.73. The Labute approximate surface area is 198 Å². The molecule has 0 saturated heterocycles. The van der Waals surface area contributed by atoms with Crippen molar-refractivity contribution in [2.45, 2.75) is 69.0 Å². The van der Waals surface area contributed by atoms with Crippen molar-refractivity contribution in [3.05, 3.63) is 29.8 Å². The van der Waals surface area contributed by atoms with Crippen LogP contribution < -0.4 is 27.3 Å². The Hall–Kier alpha value is -1.75. The molecule has 2 amide bonds. The molecule has 0 aliphatic rings. The van der Waals surface area contributed by atoms with Crippen molar-refractivity contribution in [2.24, 2.45) is 17.2 Å². The molecule has 2 atom stereocenters. The average molecular weight is 485 g/mol. The number of Topliss-reactive ketones (excluding diaryl/α,β-unsaturated/α-hetero) is 1. The topological polar surface area (TPSA) is 151 Å². The van der Waals surface area contributed by atoms with Crippen LogP contribution in [-0.4, -0.2) is 52.3 Å². The third kappa shape index (κ3) is 9.81. The summed E-state index contributed by atoms with van der Waals surface area (Å²) >= 11 is 0. The van der Waals surface area contributed by atoms with Gasteiger partial charge in [-0.2, -0.15) is 0 Å². The molecule has 8 nitrogen and oxygen atoms in total. The molecule has 0 aliphatic carbocycles. The Morgan fingerprint density at radius 2 is 1.69 bits per heavy atom. The van der Waals surface area contributed by atoms with E-state index < -0.39 is 27.5 Å². The van der Waals surface area contributed by atoms with Crippen LogP contribution >= 0.6 is 21.6 Å². The average Bonchev–Trinajstić information content (AvgIpc) is 2.69. The Bertz CT molecular complexity index is 785. The van der Waals surface area contributed by atoms with Gasteiger partial charge in [-0.1, -0.05) is 33.7 Å². The minimum atomic E-state index is -0.863. The lowest BCUT2D eigenvalue weighted by Gasteiger charge is -2.33. The number of nitrogens with one attached hydrogen (secondary N) is 1. The van der Waals surface area contributed by atoms with E-state index in [1.54, 1.807) is 12.1 Å². The SMILES string of the molecule is CC(=O)[C@H](Cc1ccc(OCCN)cc1)NC(=O)[C@@H](N)C(C)(C)SSC(C)(C)CC(N)=O. The van der Waals surface area contributed by atoms with Crippen LogP contribution in [-0.2, 0) is 20.8 Å². The van der Waals surface area contributed by atoms with Gasteiger partial charge in [0.15, 0.2) is 5.78 Å². The van der Waals surface area contributed by atoms with Gasteiger partial charge in [0.05, 0.1) is 12.1 Å². The summed E-state index contributed by atoms with van der Waals surface area (Å²) in [6.07, 6.45) is 0.559. The third-order valence-corrected chi connectivity index (χ3v) is 8.92. The Morgan fingerprint density at radius 3 is 2.19 bits per heavy atom. The molecule has 0 fully saturated rings. The molecule has 32 heavy (non-hydrogen) atoms. The quantitative estimate of drug-likeness (QED) is 0.292. The normalized spacial score (nSPS) is 13.8. The van der Waals surface area contributed by atoms with Crippen LogP contribution in [0, 0.1) is 0 Å². The maximum absolute atomic E-state index is 12.9. The molecule has 1 aromatic rings. The molecule has 1 rings (SSSR count). The first-order chi connectivity index (χ1) is 14.8. The highest BCUT2D eigenvalue weighted by atomic mass is 33.1. The van der Waals surface area contributed by atoms with Gasteiger partial charge in [0.25, 0.3) is 0 Å². The van der Waals surface area contributed by atoms with Crippen LogP contribution in [0.15, 0.2) is 24.3 Å². The van der Waals surface area contributed by atoms with Crippen molar-refractivity contribution in [2.75, 3.05) is 13.2 Å². The fourth-order valence-corrected chi connectivity index (χ4v) is 5.39. The number of carbonyl (C=O) groups excluding carboxylic acids is 3. The van der Waals surface area contributed by atoms with Crippen molar-refractivity contribution < 1.29 is 19.1 Å². The maximum Gasteiger partial charge on any atom is 0.238 e. The molecule has 0 aliphatic heterocycles. The molecule has 180 valence electrons. The van der Waals surface area contributed by atoms with Gasteiger partial charge in [-0.15, -0.1) is 0 Å². The number of benzene rings is 1. The highest BCUT2D eigenvalue weighted by Crippen LogP contribution is 2.46. The van der Waals surface area contributed by atoms with Crippen molar-refractivity contribution >= 4 is 39.2 Å². The Balaban J connectivity index is 2.75. The summed E-state index contributed by atoms with van der Waals surface area (Å²) < 4.78 is 4.41. The van der Waals surface area contributed by atoms with Crippen LogP contribution in [0.2, 0.25) is 0 Å². The van der Waals surface area contributed by atoms with Crippen molar-refractivity contribution in [3.8, 4) is 5.75 Å². The van der Waals surface area contributed by atoms with Gasteiger partial charge in [0, 0.05) is 22.5 Å². The monoisotopic (exact) mass is 484 g/mol. The van der Waals surface area contributed by atoms with Gasteiger partial charge in [0.1, 0.15) is 12.4 Å². The van der Waals surface area contributed by atoms with E-state index in [-0.39, 0.29) is 18.1 Å². The number of rotatable bonds is 14. The minimum Gasteiger partial charge on any atom is -0.492 e. The molecule has 0 radical (unpaired) electrons. The van der Waals surface area contributed by atoms with Crippen LogP contribution in [0.5, 0.6) is 5.75 Å². The number of carbonyl (C=O) groups is 3. The molecule has 0 aromatic heterocycles. The van der Waals surface area contributed by atoms with Crippen molar-refractivity contribution in [3.63, 3.8) is 0 Å². The van der Waals surface area contributed by atoms with Gasteiger partial charge in [-0.25, -0.2) is 0 Å². The summed E-state index contributed by atoms with van der Waals surface area (Å²) in [5, 5.41) is 2.79. The van der Waals surface area contributed by atoms with E-state index >= 15 is 0 Å². The zero-order valence-electron chi connectivity index (χ0n) is 19.5. The molecule has 0 bridgehead atoms. The first-order valence-corrected chi connectivity index (χ1v) is 12.6. The van der Waals surface area contributed by atoms with E-state index in [2.05, 4.69) is 5.32 Å². The highest BCUT2D eigenvalue weighted by Gasteiger charge is 2.36. The minimum absolute atomic E-state index is 0.156. The standard InChI is InChI=1S/C22H36N4O4S2/c1-14(27)17(12-15-6-8-16(9-7-15)30-11-10-23)26-20(29)19(25)22(4,5)32-31-21(2,3)13-18(24)28/h6-9,17,19H,10-13,23,25H2,1-5H3,(H2,24,28)(H,26,29)/t17-,19+/m0/s1. The largest absolute Gasteiger partial charge is 0.492 e. The first kappa shape index (κ1) is 28.3. The van der Waals surface area contributed by atoms with E-state index in [9.17, 15) is 14.4 Å². The van der Waals surface area contributed by atoms with Crippen LogP contribution in [0.1, 0.15) is 46.6 Å². The summed E-state index contributed by atoms with van der Waals surface area (Å²) in [5.41, 5.74) is 17.9. The summed E-state index contributed by atoms with van der Waals surface area (Å²) in [5.74, 6) is -0.248. The van der Waals surface area contributed by atoms with Crippen molar-refractivity contribution in [1.82, 2.24) is 5.32 Å². The summed E-state index contributed by atoms with van der Waals surface area (Å²) in [7, 11) is 2.89. The number of ketones is 1. The smallest absolute Gasteiger partial charge is 0.238 e. The molecule has 1 aromatic carbocycles. The van der Waals surface area contributed by atoms with Crippen LogP contribution in [0.3, 0.4) is 0 Å². The highest BCUT2D eigenvalue weighted by molar-refractivity contribution is 8.77. The molecule has 0 heterocycles. The second kappa shape index (κ2) is 12.5. The van der Waals surface area contributed by atoms with E-state index in [0.717, 1.165) is 5.56 Å². The molecule has 0 spiro atoms. The molecule has 0 saturated carbocycles. The summed E-state index contributed by atoms with van der Waals surface area (Å²) in [6.45, 7) is 9.84. The first-order valence-electron chi connectivity index (χ1n) is 10.4. The summed E-state index contributed by atoms with van der Waals surface area (Å²) in [4.78, 5) is 36.3. The predicted octanol–water partition coefficient (Wildman–Crippen LogP) is 1.78. The zero-order chi connectivity index (χ0) is 24.5. The van der Waals surface area contributed by atoms with Gasteiger partial charge < -0.3 is 27.3 Å². The summed E-state index contributed by atoms with van der Waals surface area (Å²) in [6, 6.07) is 5.76. The van der Waals surface area contributed by atoms with Gasteiger partial charge in [-0.3, -0.25) is 14.4 Å². The molecular formula is C22H36N4O4S2. The Morgan fingerprint density at radius 1 is 1.09 bits per heavy atom. The van der Waals surface area contributed by atoms with E-state index in [0.29, 0.717) is 25.3 Å². The number of primary amides is 1. The fraction of sp³-hybridized carbons (Fsp3) is 0.591. The number of hydrogen-bond donors (Lipinski definition) is 4. The second-order valence-corrected chi connectivity index (χ2v) is 12.3. The second-order valence-electron chi connectivity index (χ2n) is 8.81. The van der Waals surface area contributed by atoms with Crippen LogP contribution in [0.25, 0.3) is 0 Å². The van der Waals surface area contributed by atoms with Gasteiger partial charge in [0.2, 0.25) is 11.8 Å². The molecule has 0 unspecified atom stereocenters. The molecule has 10 heteroatoms. The number of ether oxygens (including phenoxy) is 1. The van der Waals surface area contributed by atoms with Crippen molar-refractivity contribution in [1.29, 1.82) is 0 Å². The third-order valence-electron chi connectivity index (χ3n) is 4.67. The van der Waals surface area contributed by atoms with E-state index in [4.69, 9.17) is 21.9 Å². The number of hydrogen-bond acceptors (Lipinski definition) is 8. The number of nitrogens with two attached hydrogens (primary N) is 3. The van der Waals surface area contributed by atoms with E-state index in [1.165, 1.54) is 28.5 Å². The van der Waals surface area contributed by atoms with Gasteiger partial charge in [-0.05, 0) is 58.7 Å². The van der Waals surface area contributed by atoms with Gasteiger partial charge >= 0.3 is 0 Å². The van der Waals surface area contributed by atoms with E-state index in [1.807, 2.05) is 39.8 Å². The Kier molecular flexibility index (Phi) is 11.0.